The molecule has 0 atom stereocenters. The lowest BCUT2D eigenvalue weighted by molar-refractivity contribution is -0.118. The number of rotatable bonds is 7. The van der Waals surface area contributed by atoms with E-state index in [4.69, 9.17) is 14.2 Å². The van der Waals surface area contributed by atoms with E-state index in [9.17, 15) is 4.79 Å². The van der Waals surface area contributed by atoms with Gasteiger partial charge in [0.2, 0.25) is 5.13 Å². The molecule has 2 aromatic carbocycles. The third kappa shape index (κ3) is 4.73. The molecular formula is C19H19N3O4S. The van der Waals surface area contributed by atoms with E-state index in [0.29, 0.717) is 27.4 Å². The molecule has 0 bridgehead atoms. The van der Waals surface area contributed by atoms with Crippen molar-refractivity contribution < 1.29 is 19.0 Å². The molecule has 1 N–H and O–H groups in total. The minimum absolute atomic E-state index is 0.102. The van der Waals surface area contributed by atoms with Crippen molar-refractivity contribution in [3.8, 4) is 27.8 Å². The van der Waals surface area contributed by atoms with Gasteiger partial charge in [0.05, 0.1) is 14.2 Å². The van der Waals surface area contributed by atoms with Crippen molar-refractivity contribution >= 4 is 22.4 Å². The largest absolute Gasteiger partial charge is 0.493 e. The second-order valence-electron chi connectivity index (χ2n) is 5.64. The zero-order chi connectivity index (χ0) is 19.2. The fourth-order valence-electron chi connectivity index (χ4n) is 2.37. The Kier molecular flexibility index (Phi) is 5.87. The lowest BCUT2D eigenvalue weighted by Gasteiger charge is -2.07. The number of aryl methyl sites for hydroxylation is 1. The number of anilines is 1. The Hall–Kier alpha value is -3.13. The van der Waals surface area contributed by atoms with Crippen LogP contribution in [0.3, 0.4) is 0 Å². The van der Waals surface area contributed by atoms with Gasteiger partial charge >= 0.3 is 0 Å². The Balaban J connectivity index is 1.63. The Bertz CT molecular complexity index is 942. The van der Waals surface area contributed by atoms with Crippen LogP contribution in [-0.4, -0.2) is 36.9 Å². The highest BCUT2D eigenvalue weighted by molar-refractivity contribution is 7.18. The second-order valence-corrected chi connectivity index (χ2v) is 6.61. The molecule has 0 saturated heterocycles. The first-order valence-electron chi connectivity index (χ1n) is 8.14. The van der Waals surface area contributed by atoms with E-state index in [0.717, 1.165) is 11.1 Å². The van der Waals surface area contributed by atoms with Crippen molar-refractivity contribution in [1.29, 1.82) is 0 Å². The third-order valence-electron chi connectivity index (χ3n) is 3.66. The Morgan fingerprint density at radius 3 is 2.63 bits per heavy atom. The SMILES string of the molecule is COc1ccc(-c2nnc(NC(=O)COc3cccc(C)c3)s2)cc1OC. The molecule has 1 aromatic heterocycles. The van der Waals surface area contributed by atoms with Gasteiger partial charge in [-0.2, -0.15) is 0 Å². The number of nitrogens with one attached hydrogen (secondary N) is 1. The van der Waals surface area contributed by atoms with E-state index in [1.165, 1.54) is 11.3 Å². The maximum atomic E-state index is 12.1. The van der Waals surface area contributed by atoms with E-state index < -0.39 is 0 Å². The molecule has 3 rings (SSSR count). The van der Waals surface area contributed by atoms with Crippen molar-refractivity contribution in [2.45, 2.75) is 6.92 Å². The molecule has 0 aliphatic heterocycles. The molecule has 140 valence electrons. The maximum Gasteiger partial charge on any atom is 0.264 e. The molecule has 3 aromatic rings. The van der Waals surface area contributed by atoms with Crippen LogP contribution in [0, 0.1) is 6.92 Å². The highest BCUT2D eigenvalue weighted by Gasteiger charge is 2.13. The first-order valence-corrected chi connectivity index (χ1v) is 8.96. The van der Waals surface area contributed by atoms with Gasteiger partial charge in [0.1, 0.15) is 10.8 Å². The van der Waals surface area contributed by atoms with Gasteiger partial charge in [-0.3, -0.25) is 10.1 Å². The number of amides is 1. The summed E-state index contributed by atoms with van der Waals surface area (Å²) in [6.45, 7) is 1.86. The fraction of sp³-hybridized carbons (Fsp3) is 0.211. The van der Waals surface area contributed by atoms with E-state index in [1.54, 1.807) is 26.4 Å². The number of methoxy groups -OCH3 is 2. The molecule has 0 fully saturated rings. The fourth-order valence-corrected chi connectivity index (χ4v) is 3.13. The summed E-state index contributed by atoms with van der Waals surface area (Å²) in [6, 6.07) is 13.0. The Labute approximate surface area is 160 Å². The molecule has 0 aliphatic rings. The summed E-state index contributed by atoms with van der Waals surface area (Å²) in [6.07, 6.45) is 0. The topological polar surface area (TPSA) is 82.6 Å². The molecule has 1 heterocycles. The number of nitrogens with zero attached hydrogens (tertiary/aromatic N) is 2. The van der Waals surface area contributed by atoms with E-state index >= 15 is 0 Å². The van der Waals surface area contributed by atoms with Gasteiger partial charge in [-0.1, -0.05) is 23.5 Å². The summed E-state index contributed by atoms with van der Waals surface area (Å²) in [5.74, 6) is 1.58. The van der Waals surface area contributed by atoms with Crippen molar-refractivity contribution in [3.05, 3.63) is 48.0 Å². The number of carbonyl (C=O) groups excluding carboxylic acids is 1. The summed E-state index contributed by atoms with van der Waals surface area (Å²) in [5, 5.41) is 11.9. The molecule has 8 heteroatoms. The highest BCUT2D eigenvalue weighted by atomic mass is 32.1. The monoisotopic (exact) mass is 385 g/mol. The van der Waals surface area contributed by atoms with Crippen molar-refractivity contribution in [1.82, 2.24) is 10.2 Å². The number of hydrogen-bond acceptors (Lipinski definition) is 7. The summed E-state index contributed by atoms with van der Waals surface area (Å²) < 4.78 is 16.0. The molecule has 27 heavy (non-hydrogen) atoms. The normalized spacial score (nSPS) is 10.3. The van der Waals surface area contributed by atoms with Gasteiger partial charge in [0.15, 0.2) is 18.1 Å². The quantitative estimate of drug-likeness (QED) is 0.670. The molecule has 1 amide bonds. The van der Waals surface area contributed by atoms with Gasteiger partial charge in [-0.15, -0.1) is 10.2 Å². The number of hydrogen-bond donors (Lipinski definition) is 1. The maximum absolute atomic E-state index is 12.1. The zero-order valence-corrected chi connectivity index (χ0v) is 16.0. The number of aromatic nitrogens is 2. The van der Waals surface area contributed by atoms with Gasteiger partial charge in [0, 0.05) is 5.56 Å². The number of ether oxygens (including phenoxy) is 3. The minimum Gasteiger partial charge on any atom is -0.493 e. The van der Waals surface area contributed by atoms with Crippen molar-refractivity contribution in [3.63, 3.8) is 0 Å². The van der Waals surface area contributed by atoms with Crippen molar-refractivity contribution in [2.75, 3.05) is 26.1 Å². The molecule has 0 radical (unpaired) electrons. The molecular weight excluding hydrogens is 366 g/mol. The molecule has 0 aliphatic carbocycles. The average molecular weight is 385 g/mol. The standard InChI is InChI=1S/C19H19N3O4S/c1-12-5-4-6-14(9-12)26-11-17(23)20-19-22-21-18(27-19)13-7-8-15(24-2)16(10-13)25-3/h4-10H,11H2,1-3H3,(H,20,22,23). The molecule has 0 spiro atoms. The van der Waals surface area contributed by atoms with Crippen LogP contribution >= 0.6 is 11.3 Å². The van der Waals surface area contributed by atoms with Crippen LogP contribution < -0.4 is 19.5 Å². The minimum atomic E-state index is -0.300. The van der Waals surface area contributed by atoms with Crippen LogP contribution in [0.15, 0.2) is 42.5 Å². The molecule has 7 nitrogen and oxygen atoms in total. The summed E-state index contributed by atoms with van der Waals surface area (Å²) in [5.41, 5.74) is 1.89. The average Bonchev–Trinajstić information content (AvgIpc) is 3.14. The van der Waals surface area contributed by atoms with Crippen LogP contribution in [0.1, 0.15) is 5.56 Å². The van der Waals surface area contributed by atoms with Gasteiger partial charge in [0.25, 0.3) is 5.91 Å². The predicted octanol–water partition coefficient (Wildman–Crippen LogP) is 3.55. The molecule has 0 saturated carbocycles. The van der Waals surface area contributed by atoms with E-state index in [1.807, 2.05) is 37.3 Å². The van der Waals surface area contributed by atoms with Crippen molar-refractivity contribution in [2.24, 2.45) is 0 Å². The molecule has 0 unspecified atom stereocenters. The van der Waals surface area contributed by atoms with Gasteiger partial charge in [-0.25, -0.2) is 0 Å². The lowest BCUT2D eigenvalue weighted by atomic mass is 10.2. The van der Waals surface area contributed by atoms with Crippen LogP contribution in [0.2, 0.25) is 0 Å². The van der Waals surface area contributed by atoms with E-state index in [2.05, 4.69) is 15.5 Å². The zero-order valence-electron chi connectivity index (χ0n) is 15.2. The third-order valence-corrected chi connectivity index (χ3v) is 4.55. The van der Waals surface area contributed by atoms with Gasteiger partial charge < -0.3 is 14.2 Å². The number of benzene rings is 2. The predicted molar refractivity (Wildman–Crippen MR) is 104 cm³/mol. The lowest BCUT2D eigenvalue weighted by Crippen LogP contribution is -2.20. The Morgan fingerprint density at radius 1 is 1.07 bits per heavy atom. The summed E-state index contributed by atoms with van der Waals surface area (Å²) in [7, 11) is 3.15. The van der Waals surface area contributed by atoms with Gasteiger partial charge in [-0.05, 0) is 42.8 Å². The summed E-state index contributed by atoms with van der Waals surface area (Å²) >= 11 is 1.26. The second kappa shape index (κ2) is 8.50. The van der Waals surface area contributed by atoms with Crippen LogP contribution in [0.4, 0.5) is 5.13 Å². The van der Waals surface area contributed by atoms with E-state index in [-0.39, 0.29) is 12.5 Å². The first-order chi connectivity index (χ1) is 13.1. The van der Waals surface area contributed by atoms with Crippen LogP contribution in [0.5, 0.6) is 17.2 Å². The van der Waals surface area contributed by atoms with Crippen LogP contribution in [0.25, 0.3) is 10.6 Å². The first kappa shape index (κ1) is 18.7. The van der Waals surface area contributed by atoms with Crippen LogP contribution in [-0.2, 0) is 4.79 Å². The summed E-state index contributed by atoms with van der Waals surface area (Å²) in [4.78, 5) is 12.1. The Morgan fingerprint density at radius 2 is 1.89 bits per heavy atom. The highest BCUT2D eigenvalue weighted by Crippen LogP contribution is 2.34. The smallest absolute Gasteiger partial charge is 0.264 e. The number of carbonyl (C=O) groups is 1.